The summed E-state index contributed by atoms with van der Waals surface area (Å²) in [6.07, 6.45) is 3.38. The monoisotopic (exact) mass is 192 g/mol. The van der Waals surface area contributed by atoms with E-state index in [1.54, 1.807) is 6.08 Å². The van der Waals surface area contributed by atoms with Gasteiger partial charge in [0, 0.05) is 6.54 Å². The van der Waals surface area contributed by atoms with Crippen molar-refractivity contribution in [1.82, 2.24) is 15.0 Å². The number of hydrogen-bond acceptors (Lipinski definition) is 4. The van der Waals surface area contributed by atoms with Gasteiger partial charge in [-0.2, -0.15) is 4.99 Å². The Labute approximate surface area is 81.8 Å². The van der Waals surface area contributed by atoms with E-state index in [0.29, 0.717) is 0 Å². The molecule has 0 N–H and O–H groups in total. The lowest BCUT2D eigenvalue weighted by atomic mass is 10.1. The van der Waals surface area contributed by atoms with Gasteiger partial charge in [0.1, 0.15) is 11.2 Å². The minimum absolute atomic E-state index is 0.390. The zero-order chi connectivity index (χ0) is 10.2. The number of isocyanates is 1. The first-order chi connectivity index (χ1) is 6.73. The fourth-order valence-corrected chi connectivity index (χ4v) is 1.70. The van der Waals surface area contributed by atoms with Gasteiger partial charge in [-0.3, -0.25) is 0 Å². The van der Waals surface area contributed by atoms with Crippen LogP contribution in [0.2, 0.25) is 0 Å². The van der Waals surface area contributed by atoms with Gasteiger partial charge in [-0.25, -0.2) is 9.48 Å². The smallest absolute Gasteiger partial charge is 0.235 e. The minimum Gasteiger partial charge on any atom is -0.250 e. The van der Waals surface area contributed by atoms with Gasteiger partial charge in [-0.1, -0.05) is 5.21 Å². The van der Waals surface area contributed by atoms with Gasteiger partial charge in [0.25, 0.3) is 0 Å². The van der Waals surface area contributed by atoms with E-state index >= 15 is 0 Å². The Morgan fingerprint density at radius 3 is 2.79 bits per heavy atom. The lowest BCUT2D eigenvalue weighted by Gasteiger charge is -2.04. The number of aryl methyl sites for hydroxylation is 1. The highest BCUT2D eigenvalue weighted by molar-refractivity contribution is 5.40. The molecule has 0 aliphatic heterocycles. The van der Waals surface area contributed by atoms with Crippen molar-refractivity contribution in [2.45, 2.75) is 38.8 Å². The van der Waals surface area contributed by atoms with Crippen LogP contribution in [0, 0.1) is 6.92 Å². The number of aromatic nitrogens is 3. The average molecular weight is 192 g/mol. The largest absolute Gasteiger partial charge is 0.250 e. The van der Waals surface area contributed by atoms with Gasteiger partial charge >= 0.3 is 0 Å². The molecule has 0 atom stereocenters. The first kappa shape index (κ1) is 9.09. The molecular formula is C9H12N4O. The molecule has 0 unspecified atom stereocenters. The maximum atomic E-state index is 10.3. The molecule has 0 spiro atoms. The van der Waals surface area contributed by atoms with Gasteiger partial charge in [0.2, 0.25) is 6.08 Å². The van der Waals surface area contributed by atoms with Gasteiger partial charge < -0.3 is 0 Å². The summed E-state index contributed by atoms with van der Waals surface area (Å²) in [4.78, 5) is 14.1. The Bertz CT molecular complexity index is 399. The summed E-state index contributed by atoms with van der Waals surface area (Å²) < 4.78 is 1.82. The van der Waals surface area contributed by atoms with Crippen LogP contribution in [0.25, 0.3) is 0 Å². The Kier molecular flexibility index (Phi) is 1.97. The van der Waals surface area contributed by atoms with Crippen LogP contribution in [0.3, 0.4) is 0 Å². The predicted molar refractivity (Wildman–Crippen MR) is 49.5 cm³/mol. The molecule has 1 saturated carbocycles. The van der Waals surface area contributed by atoms with Crippen LogP contribution in [0.5, 0.6) is 0 Å². The van der Waals surface area contributed by atoms with E-state index in [0.717, 1.165) is 30.8 Å². The summed E-state index contributed by atoms with van der Waals surface area (Å²) >= 11 is 0. The van der Waals surface area contributed by atoms with Crippen LogP contribution in [-0.4, -0.2) is 21.1 Å². The molecule has 5 heteroatoms. The first-order valence-corrected chi connectivity index (χ1v) is 4.73. The molecule has 0 saturated heterocycles. The summed E-state index contributed by atoms with van der Waals surface area (Å²) in [7, 11) is 0. The molecule has 0 amide bonds. The zero-order valence-electron chi connectivity index (χ0n) is 8.32. The standard InChI is InChI=1S/C9H12N4O/c1-3-13-7(2)8(11-12-13)9(4-5-9)10-6-14/h3-5H2,1-2H3. The van der Waals surface area contributed by atoms with Crippen molar-refractivity contribution in [3.05, 3.63) is 11.4 Å². The highest BCUT2D eigenvalue weighted by Gasteiger charge is 2.48. The second kappa shape index (κ2) is 3.03. The third kappa shape index (κ3) is 1.17. The lowest BCUT2D eigenvalue weighted by molar-refractivity contribution is 0.554. The fraction of sp³-hybridized carbons (Fsp3) is 0.667. The molecule has 1 aromatic rings. The topological polar surface area (TPSA) is 60.1 Å². The normalized spacial score (nSPS) is 17.6. The van der Waals surface area contributed by atoms with Crippen molar-refractivity contribution in [2.24, 2.45) is 4.99 Å². The molecule has 1 heterocycles. The number of hydrogen-bond donors (Lipinski definition) is 0. The quantitative estimate of drug-likeness (QED) is 0.528. The van der Waals surface area contributed by atoms with E-state index in [1.165, 1.54) is 0 Å². The molecule has 1 aliphatic carbocycles. The maximum absolute atomic E-state index is 10.3. The highest BCUT2D eigenvalue weighted by Crippen LogP contribution is 2.49. The number of carbonyl (C=O) groups excluding carboxylic acids is 1. The van der Waals surface area contributed by atoms with Crippen LogP contribution in [0.1, 0.15) is 31.2 Å². The van der Waals surface area contributed by atoms with Crippen LogP contribution >= 0.6 is 0 Å². The number of aliphatic imine (C=N–C) groups is 1. The second-order valence-corrected chi connectivity index (χ2v) is 3.57. The summed E-state index contributed by atoms with van der Waals surface area (Å²) in [5.41, 5.74) is 1.45. The number of rotatable bonds is 3. The molecule has 0 radical (unpaired) electrons. The molecule has 2 rings (SSSR count). The van der Waals surface area contributed by atoms with Crippen LogP contribution in [-0.2, 0) is 16.9 Å². The van der Waals surface area contributed by atoms with Crippen molar-refractivity contribution < 1.29 is 4.79 Å². The summed E-state index contributed by atoms with van der Waals surface area (Å²) in [5.74, 6) is 0. The Balaban J connectivity index is 2.42. The SMILES string of the molecule is CCn1nnc(C2(N=C=O)CC2)c1C. The van der Waals surface area contributed by atoms with Gasteiger partial charge in [-0.15, -0.1) is 5.10 Å². The van der Waals surface area contributed by atoms with E-state index in [1.807, 2.05) is 18.5 Å². The molecule has 5 nitrogen and oxygen atoms in total. The Morgan fingerprint density at radius 1 is 1.64 bits per heavy atom. The Hall–Kier alpha value is -1.48. The van der Waals surface area contributed by atoms with E-state index in [2.05, 4.69) is 15.3 Å². The van der Waals surface area contributed by atoms with Gasteiger partial charge in [-0.05, 0) is 26.7 Å². The molecule has 0 bridgehead atoms. The predicted octanol–water partition coefficient (Wildman–Crippen LogP) is 0.931. The maximum Gasteiger partial charge on any atom is 0.235 e. The van der Waals surface area contributed by atoms with E-state index < -0.39 is 0 Å². The third-order valence-corrected chi connectivity index (χ3v) is 2.71. The molecule has 1 fully saturated rings. The van der Waals surface area contributed by atoms with Gasteiger partial charge in [0.15, 0.2) is 0 Å². The Morgan fingerprint density at radius 2 is 2.36 bits per heavy atom. The highest BCUT2D eigenvalue weighted by atomic mass is 16.1. The summed E-state index contributed by atoms with van der Waals surface area (Å²) in [5, 5.41) is 8.08. The number of nitrogens with zero attached hydrogens (tertiary/aromatic N) is 4. The van der Waals surface area contributed by atoms with Crippen LogP contribution in [0.15, 0.2) is 4.99 Å². The van der Waals surface area contributed by atoms with E-state index in [-0.39, 0.29) is 5.54 Å². The lowest BCUT2D eigenvalue weighted by Crippen LogP contribution is -2.06. The summed E-state index contributed by atoms with van der Waals surface area (Å²) in [6, 6.07) is 0. The molecule has 74 valence electrons. The molecule has 14 heavy (non-hydrogen) atoms. The fourth-order valence-electron chi connectivity index (χ4n) is 1.70. The molecular weight excluding hydrogens is 180 g/mol. The van der Waals surface area contributed by atoms with Crippen molar-refractivity contribution in [3.8, 4) is 0 Å². The van der Waals surface area contributed by atoms with Crippen molar-refractivity contribution in [2.75, 3.05) is 0 Å². The van der Waals surface area contributed by atoms with Crippen LogP contribution < -0.4 is 0 Å². The van der Waals surface area contributed by atoms with E-state index in [4.69, 9.17) is 0 Å². The van der Waals surface area contributed by atoms with Crippen LogP contribution in [0.4, 0.5) is 0 Å². The van der Waals surface area contributed by atoms with Crippen molar-refractivity contribution in [1.29, 1.82) is 0 Å². The first-order valence-electron chi connectivity index (χ1n) is 4.73. The minimum atomic E-state index is -0.390. The van der Waals surface area contributed by atoms with E-state index in [9.17, 15) is 4.79 Å². The second-order valence-electron chi connectivity index (χ2n) is 3.57. The zero-order valence-corrected chi connectivity index (χ0v) is 8.32. The van der Waals surface area contributed by atoms with Gasteiger partial charge in [0.05, 0.1) is 5.69 Å². The molecule has 1 aliphatic rings. The average Bonchev–Trinajstić information content (AvgIpc) is 2.84. The summed E-state index contributed by atoms with van der Waals surface area (Å²) in [6.45, 7) is 4.76. The van der Waals surface area contributed by atoms with Crippen molar-refractivity contribution in [3.63, 3.8) is 0 Å². The molecule has 1 aromatic heterocycles. The third-order valence-electron chi connectivity index (χ3n) is 2.71. The molecule has 0 aromatic carbocycles. The van der Waals surface area contributed by atoms with Crippen molar-refractivity contribution >= 4 is 6.08 Å².